The van der Waals surface area contributed by atoms with Crippen molar-refractivity contribution in [1.82, 2.24) is 10.2 Å². The monoisotopic (exact) mass is 419 g/mol. The van der Waals surface area contributed by atoms with Crippen LogP contribution < -0.4 is 5.32 Å². The van der Waals surface area contributed by atoms with E-state index >= 15 is 0 Å². The standard InChI is InChI=1S/C13H14IN3OS2/c1-8(2)7-19-13-17-16-12(20-13)15-11(18)9-4-3-5-10(14)6-9/h3-6,8H,7H2,1-2H3,(H,15,16,18). The zero-order chi connectivity index (χ0) is 14.5. The fourth-order valence-electron chi connectivity index (χ4n) is 1.36. The number of halogens is 1. The number of thioether (sulfide) groups is 1. The van der Waals surface area contributed by atoms with E-state index in [4.69, 9.17) is 0 Å². The Bertz CT molecular complexity index is 601. The van der Waals surface area contributed by atoms with Crippen LogP contribution in [-0.4, -0.2) is 21.9 Å². The molecule has 2 rings (SSSR count). The summed E-state index contributed by atoms with van der Waals surface area (Å²) < 4.78 is 1.91. The van der Waals surface area contributed by atoms with Gasteiger partial charge in [-0.3, -0.25) is 10.1 Å². The SMILES string of the molecule is CC(C)CSc1nnc(NC(=O)c2cccc(I)c2)s1. The molecule has 0 aliphatic heterocycles. The van der Waals surface area contributed by atoms with Crippen molar-refractivity contribution in [3.05, 3.63) is 33.4 Å². The predicted octanol–water partition coefficient (Wildman–Crippen LogP) is 4.14. The van der Waals surface area contributed by atoms with Crippen LogP contribution in [-0.2, 0) is 0 Å². The molecular weight excluding hydrogens is 405 g/mol. The van der Waals surface area contributed by atoms with Crippen molar-refractivity contribution >= 4 is 56.7 Å². The Kier molecular flexibility index (Phi) is 5.79. The molecule has 1 amide bonds. The topological polar surface area (TPSA) is 54.9 Å². The number of hydrogen-bond donors (Lipinski definition) is 1. The molecule has 0 radical (unpaired) electrons. The average Bonchev–Trinajstić information content (AvgIpc) is 2.84. The number of nitrogens with one attached hydrogen (secondary N) is 1. The number of benzene rings is 1. The van der Waals surface area contributed by atoms with E-state index in [0.717, 1.165) is 13.7 Å². The van der Waals surface area contributed by atoms with E-state index in [1.807, 2.05) is 18.2 Å². The van der Waals surface area contributed by atoms with Gasteiger partial charge in [0.05, 0.1) is 0 Å². The lowest BCUT2D eigenvalue weighted by atomic mass is 10.2. The minimum absolute atomic E-state index is 0.153. The first-order valence-corrected chi connectivity index (χ1v) is 8.96. The second-order valence-corrected chi connectivity index (χ2v) is 8.03. The van der Waals surface area contributed by atoms with Gasteiger partial charge >= 0.3 is 0 Å². The summed E-state index contributed by atoms with van der Waals surface area (Å²) >= 11 is 5.26. The zero-order valence-corrected chi connectivity index (χ0v) is 14.9. The summed E-state index contributed by atoms with van der Waals surface area (Å²) in [5, 5.41) is 11.4. The summed E-state index contributed by atoms with van der Waals surface area (Å²) in [7, 11) is 0. The fourth-order valence-corrected chi connectivity index (χ4v) is 3.62. The van der Waals surface area contributed by atoms with E-state index in [-0.39, 0.29) is 5.91 Å². The Morgan fingerprint density at radius 2 is 2.25 bits per heavy atom. The Hall–Kier alpha value is -0.670. The maximum absolute atomic E-state index is 12.1. The van der Waals surface area contributed by atoms with Gasteiger partial charge in [0.2, 0.25) is 5.13 Å². The van der Waals surface area contributed by atoms with Gasteiger partial charge < -0.3 is 0 Å². The van der Waals surface area contributed by atoms with Crippen LogP contribution in [0.3, 0.4) is 0 Å². The van der Waals surface area contributed by atoms with Gasteiger partial charge in [-0.1, -0.05) is 43.0 Å². The van der Waals surface area contributed by atoms with Gasteiger partial charge in [-0.25, -0.2) is 0 Å². The van der Waals surface area contributed by atoms with Gasteiger partial charge in [-0.05, 0) is 46.7 Å². The molecule has 4 nitrogen and oxygen atoms in total. The number of nitrogens with zero attached hydrogens (tertiary/aromatic N) is 2. The second-order valence-electron chi connectivity index (χ2n) is 4.54. The van der Waals surface area contributed by atoms with Crippen molar-refractivity contribution in [2.45, 2.75) is 18.2 Å². The Morgan fingerprint density at radius 1 is 1.45 bits per heavy atom. The summed E-state index contributed by atoms with van der Waals surface area (Å²) in [5.74, 6) is 1.45. The van der Waals surface area contributed by atoms with Crippen LogP contribution in [0, 0.1) is 9.49 Å². The van der Waals surface area contributed by atoms with Crippen LogP contribution in [0.15, 0.2) is 28.6 Å². The lowest BCUT2D eigenvalue weighted by molar-refractivity contribution is 0.102. The minimum atomic E-state index is -0.153. The summed E-state index contributed by atoms with van der Waals surface area (Å²) in [6.07, 6.45) is 0. The molecule has 1 N–H and O–H groups in total. The average molecular weight is 419 g/mol. The smallest absolute Gasteiger partial charge is 0.257 e. The van der Waals surface area contributed by atoms with Gasteiger partial charge in [-0.15, -0.1) is 10.2 Å². The maximum Gasteiger partial charge on any atom is 0.257 e. The highest BCUT2D eigenvalue weighted by atomic mass is 127. The summed E-state index contributed by atoms with van der Waals surface area (Å²) in [5.41, 5.74) is 0.628. The first-order valence-electron chi connectivity index (χ1n) is 6.08. The quantitative estimate of drug-likeness (QED) is 0.450. The van der Waals surface area contributed by atoms with Crippen molar-refractivity contribution in [2.24, 2.45) is 5.92 Å². The molecule has 106 valence electrons. The van der Waals surface area contributed by atoms with Crippen LogP contribution in [0.25, 0.3) is 0 Å². The fraction of sp³-hybridized carbons (Fsp3) is 0.308. The van der Waals surface area contributed by atoms with E-state index in [1.165, 1.54) is 11.3 Å². The number of carbonyl (C=O) groups excluding carboxylic acids is 1. The van der Waals surface area contributed by atoms with Crippen molar-refractivity contribution in [1.29, 1.82) is 0 Å². The van der Waals surface area contributed by atoms with Gasteiger partial charge in [0.15, 0.2) is 4.34 Å². The van der Waals surface area contributed by atoms with Crippen LogP contribution in [0.2, 0.25) is 0 Å². The second kappa shape index (κ2) is 7.37. The summed E-state index contributed by atoms with van der Waals surface area (Å²) in [6.45, 7) is 4.32. The molecule has 1 aromatic carbocycles. The number of carbonyl (C=O) groups is 1. The normalized spacial score (nSPS) is 10.8. The molecule has 1 heterocycles. The van der Waals surface area contributed by atoms with Crippen molar-refractivity contribution in [2.75, 3.05) is 11.1 Å². The molecule has 1 aromatic heterocycles. The van der Waals surface area contributed by atoms with Crippen molar-refractivity contribution < 1.29 is 4.79 Å². The van der Waals surface area contributed by atoms with Crippen LogP contribution in [0.1, 0.15) is 24.2 Å². The molecule has 20 heavy (non-hydrogen) atoms. The third-order valence-electron chi connectivity index (χ3n) is 2.25. The van der Waals surface area contributed by atoms with E-state index in [0.29, 0.717) is 16.6 Å². The largest absolute Gasteiger partial charge is 0.296 e. The van der Waals surface area contributed by atoms with E-state index in [9.17, 15) is 4.79 Å². The molecule has 0 saturated carbocycles. The van der Waals surface area contributed by atoms with E-state index in [1.54, 1.807) is 17.8 Å². The molecule has 2 aromatic rings. The Labute approximate surface area is 139 Å². The lowest BCUT2D eigenvalue weighted by Crippen LogP contribution is -2.11. The Balaban J connectivity index is 1.98. The number of aromatic nitrogens is 2. The third kappa shape index (κ3) is 4.71. The minimum Gasteiger partial charge on any atom is -0.296 e. The van der Waals surface area contributed by atoms with Gasteiger partial charge in [0.25, 0.3) is 5.91 Å². The highest BCUT2D eigenvalue weighted by molar-refractivity contribution is 14.1. The first-order chi connectivity index (χ1) is 9.54. The molecule has 0 saturated heterocycles. The Morgan fingerprint density at radius 3 is 2.95 bits per heavy atom. The van der Waals surface area contributed by atoms with Gasteiger partial charge in [-0.2, -0.15) is 0 Å². The van der Waals surface area contributed by atoms with Crippen LogP contribution >= 0.6 is 45.7 Å². The number of rotatable bonds is 5. The third-order valence-corrected chi connectivity index (χ3v) is 5.32. The summed E-state index contributed by atoms with van der Waals surface area (Å²) in [4.78, 5) is 12.1. The summed E-state index contributed by atoms with van der Waals surface area (Å²) in [6, 6.07) is 7.43. The number of amides is 1. The zero-order valence-electron chi connectivity index (χ0n) is 11.1. The first kappa shape index (κ1) is 15.7. The number of hydrogen-bond acceptors (Lipinski definition) is 5. The molecule has 0 spiro atoms. The molecule has 0 atom stereocenters. The number of anilines is 1. The molecule has 0 bridgehead atoms. The molecule has 7 heteroatoms. The van der Waals surface area contributed by atoms with Gasteiger partial charge in [0.1, 0.15) is 0 Å². The molecular formula is C13H14IN3OS2. The van der Waals surface area contributed by atoms with E-state index < -0.39 is 0 Å². The van der Waals surface area contributed by atoms with Crippen LogP contribution in [0.4, 0.5) is 5.13 Å². The van der Waals surface area contributed by atoms with Crippen molar-refractivity contribution in [3.63, 3.8) is 0 Å². The van der Waals surface area contributed by atoms with Gasteiger partial charge in [0, 0.05) is 14.9 Å². The molecule has 0 aliphatic carbocycles. The maximum atomic E-state index is 12.1. The highest BCUT2D eigenvalue weighted by Crippen LogP contribution is 2.27. The molecule has 0 aliphatic rings. The molecule has 0 unspecified atom stereocenters. The molecule has 0 fully saturated rings. The van der Waals surface area contributed by atoms with Crippen molar-refractivity contribution in [3.8, 4) is 0 Å². The predicted molar refractivity (Wildman–Crippen MR) is 92.6 cm³/mol. The highest BCUT2D eigenvalue weighted by Gasteiger charge is 2.11. The lowest BCUT2D eigenvalue weighted by Gasteiger charge is -2.01. The van der Waals surface area contributed by atoms with E-state index in [2.05, 4.69) is 52.0 Å². The van der Waals surface area contributed by atoms with Crippen LogP contribution in [0.5, 0.6) is 0 Å².